The van der Waals surface area contributed by atoms with Crippen molar-refractivity contribution in [3.05, 3.63) is 29.8 Å². The number of hydrogen-bond acceptors (Lipinski definition) is 5. The fourth-order valence-electron chi connectivity index (χ4n) is 3.20. The van der Waals surface area contributed by atoms with Crippen molar-refractivity contribution in [2.75, 3.05) is 50.7 Å². The van der Waals surface area contributed by atoms with Crippen LogP contribution in [0.2, 0.25) is 0 Å². The zero-order chi connectivity index (χ0) is 16.9. The Morgan fingerprint density at radius 3 is 2.46 bits per heavy atom. The normalized spacial score (nSPS) is 22.0. The van der Waals surface area contributed by atoms with Gasteiger partial charge in [0.25, 0.3) is 5.91 Å². The van der Waals surface area contributed by atoms with Gasteiger partial charge in [-0.3, -0.25) is 14.4 Å². The first-order chi connectivity index (χ1) is 11.6. The number of hydrogen-bond donors (Lipinski definition) is 2. The highest BCUT2D eigenvalue weighted by molar-refractivity contribution is 7.73. The van der Waals surface area contributed by atoms with Crippen LogP contribution < -0.4 is 4.72 Å². The average molecular weight is 353 g/mol. The molecular formula is C16H23N3O4S. The van der Waals surface area contributed by atoms with Gasteiger partial charge in [-0.1, -0.05) is 0 Å². The van der Waals surface area contributed by atoms with E-state index in [1.165, 1.54) is 0 Å². The predicted octanol–water partition coefficient (Wildman–Crippen LogP) is 0.419. The minimum Gasteiger partial charge on any atom is -0.381 e. The number of nitrogens with one attached hydrogen (secondary N) is 1. The zero-order valence-electron chi connectivity index (χ0n) is 13.5. The summed E-state index contributed by atoms with van der Waals surface area (Å²) in [5.41, 5.74) is 1.05. The number of rotatable bonds is 5. The third-order valence-corrected chi connectivity index (χ3v) is 4.99. The second-order valence-corrected chi connectivity index (χ2v) is 7.01. The molecule has 1 atom stereocenters. The summed E-state index contributed by atoms with van der Waals surface area (Å²) in [5, 5.41) is 0. The number of ether oxygens (including phenoxy) is 1. The molecule has 2 aliphatic heterocycles. The highest BCUT2D eigenvalue weighted by Crippen LogP contribution is 2.17. The maximum absolute atomic E-state index is 12.5. The van der Waals surface area contributed by atoms with Crippen molar-refractivity contribution in [3.63, 3.8) is 0 Å². The summed E-state index contributed by atoms with van der Waals surface area (Å²) in [4.78, 5) is 16.8. The van der Waals surface area contributed by atoms with E-state index in [0.717, 1.165) is 52.4 Å². The Morgan fingerprint density at radius 1 is 1.17 bits per heavy atom. The number of nitrogens with zero attached hydrogens (tertiary/aromatic N) is 2. The van der Waals surface area contributed by atoms with Crippen molar-refractivity contribution >= 4 is 22.5 Å². The molecule has 1 N–H and O–H groups in total. The molecule has 24 heavy (non-hydrogen) atoms. The number of thiol groups is 1. The molecule has 2 aliphatic rings. The number of piperazine rings is 1. The van der Waals surface area contributed by atoms with E-state index in [4.69, 9.17) is 4.74 Å². The SMILES string of the molecule is O=C(c1ccc(N[SH](=O)=O)cc1)N1CCN(C[C@@H]2CCOC2)CC1. The number of anilines is 1. The molecule has 1 amide bonds. The van der Waals surface area contributed by atoms with Crippen molar-refractivity contribution in [2.45, 2.75) is 6.42 Å². The largest absolute Gasteiger partial charge is 0.381 e. The van der Waals surface area contributed by atoms with Crippen LogP contribution in [0.3, 0.4) is 0 Å². The Labute approximate surface area is 143 Å². The molecule has 3 rings (SSSR count). The maximum Gasteiger partial charge on any atom is 0.253 e. The quantitative estimate of drug-likeness (QED) is 0.750. The summed E-state index contributed by atoms with van der Waals surface area (Å²) < 4.78 is 29.0. The summed E-state index contributed by atoms with van der Waals surface area (Å²) in [7, 11) is -2.68. The second-order valence-electron chi connectivity index (χ2n) is 6.27. The van der Waals surface area contributed by atoms with Gasteiger partial charge >= 0.3 is 0 Å². The number of benzene rings is 1. The van der Waals surface area contributed by atoms with E-state index in [1.807, 2.05) is 4.90 Å². The first kappa shape index (κ1) is 17.2. The molecule has 2 saturated heterocycles. The number of carbonyl (C=O) groups is 1. The molecule has 0 unspecified atom stereocenters. The fraction of sp³-hybridized carbons (Fsp3) is 0.562. The molecule has 7 nitrogen and oxygen atoms in total. The van der Waals surface area contributed by atoms with Crippen LogP contribution in [-0.4, -0.2) is 70.1 Å². The molecule has 0 saturated carbocycles. The van der Waals surface area contributed by atoms with Crippen LogP contribution in [0.25, 0.3) is 0 Å². The highest BCUT2D eigenvalue weighted by Gasteiger charge is 2.25. The van der Waals surface area contributed by atoms with Gasteiger partial charge in [-0.2, -0.15) is 0 Å². The molecule has 8 heteroatoms. The molecule has 132 valence electrons. The van der Waals surface area contributed by atoms with Gasteiger partial charge in [-0.25, -0.2) is 8.42 Å². The minimum atomic E-state index is -2.68. The monoisotopic (exact) mass is 353 g/mol. The Balaban J connectivity index is 1.51. The van der Waals surface area contributed by atoms with E-state index in [1.54, 1.807) is 24.3 Å². The Bertz CT molecular complexity index is 625. The lowest BCUT2D eigenvalue weighted by Gasteiger charge is -2.35. The fourth-order valence-corrected chi connectivity index (χ4v) is 3.56. The van der Waals surface area contributed by atoms with Crippen LogP contribution >= 0.6 is 0 Å². The lowest BCUT2D eigenvalue weighted by Crippen LogP contribution is -2.49. The van der Waals surface area contributed by atoms with E-state index < -0.39 is 10.9 Å². The van der Waals surface area contributed by atoms with Crippen molar-refractivity contribution in [3.8, 4) is 0 Å². The molecule has 1 aromatic rings. The summed E-state index contributed by atoms with van der Waals surface area (Å²) in [6.07, 6.45) is 1.13. The topological polar surface area (TPSA) is 79.0 Å². The van der Waals surface area contributed by atoms with E-state index in [-0.39, 0.29) is 5.91 Å². The molecule has 0 aliphatic carbocycles. The average Bonchev–Trinajstić information content (AvgIpc) is 3.08. The van der Waals surface area contributed by atoms with Crippen LogP contribution in [0, 0.1) is 5.92 Å². The summed E-state index contributed by atoms with van der Waals surface area (Å²) in [5.74, 6) is 0.622. The lowest BCUT2D eigenvalue weighted by atomic mass is 10.1. The highest BCUT2D eigenvalue weighted by atomic mass is 32.2. The molecule has 2 heterocycles. The first-order valence-electron chi connectivity index (χ1n) is 8.22. The molecule has 1 aromatic carbocycles. The molecule has 0 radical (unpaired) electrons. The van der Waals surface area contributed by atoms with E-state index in [9.17, 15) is 13.2 Å². The van der Waals surface area contributed by atoms with E-state index in [2.05, 4.69) is 9.62 Å². The van der Waals surface area contributed by atoms with Crippen LogP contribution in [0.15, 0.2) is 24.3 Å². The molecule has 2 fully saturated rings. The molecule has 0 bridgehead atoms. The Morgan fingerprint density at radius 2 is 1.88 bits per heavy atom. The van der Waals surface area contributed by atoms with Crippen molar-refractivity contribution in [2.24, 2.45) is 5.92 Å². The number of carbonyl (C=O) groups excluding carboxylic acids is 1. The summed E-state index contributed by atoms with van der Waals surface area (Å²) in [6.45, 7) is 5.99. The van der Waals surface area contributed by atoms with Gasteiger partial charge in [0.1, 0.15) is 0 Å². The van der Waals surface area contributed by atoms with Gasteiger partial charge in [-0.05, 0) is 36.6 Å². The third-order valence-electron chi connectivity index (χ3n) is 4.55. The van der Waals surface area contributed by atoms with Crippen molar-refractivity contribution < 1.29 is 17.9 Å². The Kier molecular flexibility index (Phi) is 5.70. The lowest BCUT2D eigenvalue weighted by molar-refractivity contribution is 0.0611. The van der Waals surface area contributed by atoms with E-state index in [0.29, 0.717) is 17.2 Å². The third kappa shape index (κ3) is 4.46. The van der Waals surface area contributed by atoms with Gasteiger partial charge in [0.2, 0.25) is 10.9 Å². The van der Waals surface area contributed by atoms with Crippen LogP contribution in [-0.2, 0) is 15.6 Å². The molecular weight excluding hydrogens is 330 g/mol. The predicted molar refractivity (Wildman–Crippen MR) is 91.6 cm³/mol. The zero-order valence-corrected chi connectivity index (χ0v) is 14.4. The van der Waals surface area contributed by atoms with E-state index >= 15 is 0 Å². The minimum absolute atomic E-state index is 0.00286. The Hall–Kier alpha value is -1.64. The smallest absolute Gasteiger partial charge is 0.253 e. The van der Waals surface area contributed by atoms with Gasteiger partial charge in [0.15, 0.2) is 0 Å². The van der Waals surface area contributed by atoms with Crippen LogP contribution in [0.1, 0.15) is 16.8 Å². The second kappa shape index (κ2) is 7.96. The molecule has 0 spiro atoms. The molecule has 0 aromatic heterocycles. The van der Waals surface area contributed by atoms with Crippen molar-refractivity contribution in [1.82, 2.24) is 9.80 Å². The van der Waals surface area contributed by atoms with Crippen LogP contribution in [0.4, 0.5) is 5.69 Å². The van der Waals surface area contributed by atoms with Gasteiger partial charge in [0, 0.05) is 50.6 Å². The maximum atomic E-state index is 12.5. The standard InChI is InChI=1S/C16H23N3O4S/c20-16(14-1-3-15(4-2-14)17-24(21)22)19-8-6-18(7-9-19)11-13-5-10-23-12-13/h1-4,13,24H,5-12H2,(H,17,21,22)/t13-/m0/s1. The number of amides is 1. The summed E-state index contributed by atoms with van der Waals surface area (Å²) >= 11 is 0. The van der Waals surface area contributed by atoms with Crippen LogP contribution in [0.5, 0.6) is 0 Å². The van der Waals surface area contributed by atoms with Crippen molar-refractivity contribution in [1.29, 1.82) is 0 Å². The first-order valence-corrected chi connectivity index (χ1v) is 9.40. The van der Waals surface area contributed by atoms with Gasteiger partial charge in [0.05, 0.1) is 6.61 Å². The summed E-state index contributed by atoms with van der Waals surface area (Å²) in [6, 6.07) is 6.53. The van der Waals surface area contributed by atoms with Gasteiger partial charge < -0.3 is 9.64 Å². The van der Waals surface area contributed by atoms with Gasteiger partial charge in [-0.15, -0.1) is 0 Å².